The van der Waals surface area contributed by atoms with Crippen LogP contribution in [0.25, 0.3) is 6.08 Å². The van der Waals surface area contributed by atoms with Crippen molar-refractivity contribution in [2.75, 3.05) is 6.61 Å². The van der Waals surface area contributed by atoms with Gasteiger partial charge in [0.1, 0.15) is 0 Å². The maximum Gasteiger partial charge on any atom is 0.252 e. The van der Waals surface area contributed by atoms with Crippen molar-refractivity contribution in [1.82, 2.24) is 5.32 Å². The van der Waals surface area contributed by atoms with E-state index in [4.69, 9.17) is 4.74 Å². The molecule has 0 aliphatic heterocycles. The van der Waals surface area contributed by atoms with Gasteiger partial charge in [-0.3, -0.25) is 4.79 Å². The summed E-state index contributed by atoms with van der Waals surface area (Å²) in [4.78, 5) is 12.4. The molecule has 22 heavy (non-hydrogen) atoms. The Morgan fingerprint density at radius 3 is 2.91 bits per heavy atom. The van der Waals surface area contributed by atoms with Crippen molar-refractivity contribution in [3.63, 3.8) is 0 Å². The van der Waals surface area contributed by atoms with Crippen molar-refractivity contribution in [2.45, 2.75) is 45.1 Å². The summed E-state index contributed by atoms with van der Waals surface area (Å²) in [5.41, 5.74) is 2.13. The highest BCUT2D eigenvalue weighted by molar-refractivity contribution is 5.98. The van der Waals surface area contributed by atoms with Crippen molar-refractivity contribution < 1.29 is 18.3 Å². The number of hydrogen-bond donors (Lipinski definition) is 1. The SMILES string of the molecule is CCO/C=C/c1ccc(C)cc1C(=O)N[C@H]1CCC(F)(F)C1. The van der Waals surface area contributed by atoms with Crippen LogP contribution in [0.1, 0.15) is 47.7 Å². The van der Waals surface area contributed by atoms with Crippen LogP contribution in [-0.2, 0) is 4.74 Å². The summed E-state index contributed by atoms with van der Waals surface area (Å²) in [5.74, 6) is -2.98. The third-order valence-corrected chi connectivity index (χ3v) is 3.70. The Morgan fingerprint density at radius 2 is 2.27 bits per heavy atom. The number of rotatable bonds is 5. The number of benzene rings is 1. The number of hydrogen-bond acceptors (Lipinski definition) is 2. The summed E-state index contributed by atoms with van der Waals surface area (Å²) in [7, 11) is 0. The lowest BCUT2D eigenvalue weighted by atomic mass is 10.0. The first-order valence-corrected chi connectivity index (χ1v) is 7.49. The van der Waals surface area contributed by atoms with Gasteiger partial charge in [-0.2, -0.15) is 0 Å². The second-order valence-corrected chi connectivity index (χ2v) is 5.62. The minimum absolute atomic E-state index is 0.164. The van der Waals surface area contributed by atoms with Gasteiger partial charge in [0.05, 0.1) is 12.9 Å². The van der Waals surface area contributed by atoms with Crippen LogP contribution in [0.2, 0.25) is 0 Å². The van der Waals surface area contributed by atoms with E-state index in [2.05, 4.69) is 5.32 Å². The topological polar surface area (TPSA) is 38.3 Å². The predicted molar refractivity (Wildman–Crippen MR) is 81.9 cm³/mol. The van der Waals surface area contributed by atoms with Crippen molar-refractivity contribution in [2.24, 2.45) is 0 Å². The van der Waals surface area contributed by atoms with Crippen molar-refractivity contribution >= 4 is 12.0 Å². The summed E-state index contributed by atoms with van der Waals surface area (Å²) in [6.45, 7) is 4.30. The molecule has 0 unspecified atom stereocenters. The summed E-state index contributed by atoms with van der Waals surface area (Å²) in [5, 5.41) is 2.72. The van der Waals surface area contributed by atoms with Gasteiger partial charge in [0, 0.05) is 24.4 Å². The highest BCUT2D eigenvalue weighted by atomic mass is 19.3. The summed E-state index contributed by atoms with van der Waals surface area (Å²) in [6.07, 6.45) is 3.11. The lowest BCUT2D eigenvalue weighted by Gasteiger charge is -2.14. The highest BCUT2D eigenvalue weighted by Crippen LogP contribution is 2.34. The Morgan fingerprint density at radius 1 is 1.50 bits per heavy atom. The molecule has 1 aliphatic carbocycles. The molecule has 1 aromatic carbocycles. The number of alkyl halides is 2. The molecule has 2 rings (SSSR count). The number of nitrogens with one attached hydrogen (secondary N) is 1. The van der Waals surface area contributed by atoms with Crippen LogP contribution in [0, 0.1) is 6.92 Å². The minimum atomic E-state index is -2.66. The molecule has 0 heterocycles. The first-order chi connectivity index (χ1) is 10.4. The minimum Gasteiger partial charge on any atom is -0.501 e. The number of halogens is 2. The number of aryl methyl sites for hydroxylation is 1. The van der Waals surface area contributed by atoms with E-state index >= 15 is 0 Å². The molecule has 120 valence electrons. The highest BCUT2D eigenvalue weighted by Gasteiger charge is 2.40. The van der Waals surface area contributed by atoms with E-state index < -0.39 is 12.0 Å². The molecule has 0 bridgehead atoms. The predicted octanol–water partition coefficient (Wildman–Crippen LogP) is 3.92. The first kappa shape index (κ1) is 16.5. The maximum atomic E-state index is 13.2. The number of ether oxygens (including phenoxy) is 1. The zero-order chi connectivity index (χ0) is 16.2. The molecule has 5 heteroatoms. The zero-order valence-corrected chi connectivity index (χ0v) is 12.9. The lowest BCUT2D eigenvalue weighted by Crippen LogP contribution is -2.34. The Bertz CT molecular complexity index is 570. The van der Waals surface area contributed by atoms with Gasteiger partial charge in [-0.1, -0.05) is 17.7 Å². The molecule has 3 nitrogen and oxygen atoms in total. The maximum absolute atomic E-state index is 13.2. The zero-order valence-electron chi connectivity index (χ0n) is 12.9. The fourth-order valence-electron chi connectivity index (χ4n) is 2.57. The van der Waals surface area contributed by atoms with E-state index in [1.165, 1.54) is 6.26 Å². The van der Waals surface area contributed by atoms with Crippen LogP contribution in [-0.4, -0.2) is 24.5 Å². The first-order valence-electron chi connectivity index (χ1n) is 7.49. The Balaban J connectivity index is 2.12. The number of carbonyl (C=O) groups is 1. The van der Waals surface area contributed by atoms with E-state index in [9.17, 15) is 13.6 Å². The number of amides is 1. The van der Waals surface area contributed by atoms with Gasteiger partial charge in [-0.05, 0) is 38.0 Å². The third-order valence-electron chi connectivity index (χ3n) is 3.70. The van der Waals surface area contributed by atoms with Gasteiger partial charge in [-0.15, -0.1) is 0 Å². The van der Waals surface area contributed by atoms with E-state index in [1.807, 2.05) is 26.0 Å². The molecule has 1 amide bonds. The molecule has 1 aromatic rings. The monoisotopic (exact) mass is 309 g/mol. The van der Waals surface area contributed by atoms with Crippen molar-refractivity contribution in [1.29, 1.82) is 0 Å². The van der Waals surface area contributed by atoms with Crippen LogP contribution in [0.4, 0.5) is 8.78 Å². The third kappa shape index (κ3) is 4.29. The Labute approximate surface area is 129 Å². The van der Waals surface area contributed by atoms with Crippen LogP contribution in [0.3, 0.4) is 0 Å². The molecular formula is C17H21F2NO2. The van der Waals surface area contributed by atoms with Gasteiger partial charge in [-0.25, -0.2) is 8.78 Å². The van der Waals surface area contributed by atoms with Crippen LogP contribution >= 0.6 is 0 Å². The smallest absolute Gasteiger partial charge is 0.252 e. The fraction of sp³-hybridized carbons (Fsp3) is 0.471. The standard InChI is InChI=1S/C17H21F2NO2/c1-3-22-9-7-13-5-4-12(2)10-15(13)16(21)20-14-6-8-17(18,19)11-14/h4-5,7,9-10,14H,3,6,8,11H2,1-2H3,(H,20,21)/b9-7+/t14-/m0/s1. The molecule has 0 spiro atoms. The summed E-state index contributed by atoms with van der Waals surface area (Å²) in [6, 6.07) is 5.01. The van der Waals surface area contributed by atoms with E-state index in [-0.39, 0.29) is 18.7 Å². The summed E-state index contributed by atoms with van der Waals surface area (Å²) >= 11 is 0. The number of carbonyl (C=O) groups excluding carboxylic acids is 1. The molecule has 1 fully saturated rings. The fourth-order valence-corrected chi connectivity index (χ4v) is 2.57. The average Bonchev–Trinajstić information content (AvgIpc) is 2.79. The molecule has 1 N–H and O–H groups in total. The second-order valence-electron chi connectivity index (χ2n) is 5.62. The molecule has 0 saturated heterocycles. The van der Waals surface area contributed by atoms with Crippen LogP contribution in [0.5, 0.6) is 0 Å². The average molecular weight is 309 g/mol. The van der Waals surface area contributed by atoms with Gasteiger partial charge >= 0.3 is 0 Å². The quantitative estimate of drug-likeness (QED) is 0.837. The Hall–Kier alpha value is -1.91. The normalized spacial score (nSPS) is 20.3. The molecule has 1 aliphatic rings. The van der Waals surface area contributed by atoms with Gasteiger partial charge in [0.2, 0.25) is 5.92 Å². The van der Waals surface area contributed by atoms with Gasteiger partial charge in [0.25, 0.3) is 5.91 Å². The van der Waals surface area contributed by atoms with Crippen LogP contribution in [0.15, 0.2) is 24.5 Å². The molecule has 1 atom stereocenters. The van der Waals surface area contributed by atoms with E-state index in [0.717, 1.165) is 5.56 Å². The summed E-state index contributed by atoms with van der Waals surface area (Å²) < 4.78 is 31.6. The van der Waals surface area contributed by atoms with Gasteiger partial charge < -0.3 is 10.1 Å². The van der Waals surface area contributed by atoms with E-state index in [1.54, 1.807) is 12.1 Å². The second kappa shape index (κ2) is 6.90. The van der Waals surface area contributed by atoms with Crippen molar-refractivity contribution in [3.8, 4) is 0 Å². The van der Waals surface area contributed by atoms with Crippen LogP contribution < -0.4 is 5.32 Å². The molecular weight excluding hydrogens is 288 g/mol. The largest absolute Gasteiger partial charge is 0.501 e. The molecule has 1 saturated carbocycles. The Kier molecular flexibility index (Phi) is 5.16. The lowest BCUT2D eigenvalue weighted by molar-refractivity contribution is 0.00711. The molecule has 0 radical (unpaired) electrons. The van der Waals surface area contributed by atoms with Crippen molar-refractivity contribution in [3.05, 3.63) is 41.2 Å². The molecule has 0 aromatic heterocycles. The van der Waals surface area contributed by atoms with Gasteiger partial charge in [0.15, 0.2) is 0 Å². The van der Waals surface area contributed by atoms with E-state index in [0.29, 0.717) is 24.2 Å².